The summed E-state index contributed by atoms with van der Waals surface area (Å²) in [5.41, 5.74) is 6.53. The molecule has 0 saturated carbocycles. The van der Waals surface area contributed by atoms with Gasteiger partial charge in [-0.05, 0) is 12.5 Å². The molecule has 0 saturated heterocycles. The predicted molar refractivity (Wildman–Crippen MR) is 49.9 cm³/mol. The zero-order valence-electron chi connectivity index (χ0n) is 7.36. The first-order chi connectivity index (χ1) is 5.84. The quantitative estimate of drug-likeness (QED) is 0.737. The Balaban J connectivity index is 2.48. The van der Waals surface area contributed by atoms with Crippen molar-refractivity contribution in [1.82, 2.24) is 0 Å². The van der Waals surface area contributed by atoms with Crippen LogP contribution in [0.4, 0.5) is 0 Å². The molecular weight excluding hydrogens is 150 g/mol. The van der Waals surface area contributed by atoms with Gasteiger partial charge in [-0.25, -0.2) is 0 Å². The van der Waals surface area contributed by atoms with E-state index >= 15 is 0 Å². The molecule has 1 rings (SSSR count). The van der Waals surface area contributed by atoms with Crippen LogP contribution < -0.4 is 5.73 Å². The molecule has 2 heteroatoms. The molecule has 0 unspecified atom stereocenters. The fourth-order valence-electron chi connectivity index (χ4n) is 1.07. The summed E-state index contributed by atoms with van der Waals surface area (Å²) in [5, 5.41) is 0. The number of ether oxygens (including phenoxy) is 1. The average Bonchev–Trinajstić information content (AvgIpc) is 2.15. The molecule has 12 heavy (non-hydrogen) atoms. The van der Waals surface area contributed by atoms with Gasteiger partial charge < -0.3 is 10.5 Å². The second kappa shape index (κ2) is 4.91. The fraction of sp³-hybridized carbons (Fsp3) is 0.400. The molecule has 2 N–H and O–H groups in total. The summed E-state index contributed by atoms with van der Waals surface area (Å²) in [5.74, 6) is 0. The van der Waals surface area contributed by atoms with Gasteiger partial charge in [0, 0.05) is 6.54 Å². The molecule has 0 spiro atoms. The first kappa shape index (κ1) is 9.23. The van der Waals surface area contributed by atoms with Gasteiger partial charge in [0.15, 0.2) is 0 Å². The van der Waals surface area contributed by atoms with Gasteiger partial charge >= 0.3 is 0 Å². The van der Waals surface area contributed by atoms with Crippen molar-refractivity contribution in [3.8, 4) is 0 Å². The van der Waals surface area contributed by atoms with Crippen LogP contribution in [0.1, 0.15) is 18.6 Å². The molecule has 0 aliphatic heterocycles. The first-order valence-electron chi connectivity index (χ1n) is 4.21. The SMILES string of the molecule is C[C@H](OCCN)c1ccccc1. The smallest absolute Gasteiger partial charge is 0.0797 e. The third-order valence-electron chi connectivity index (χ3n) is 1.75. The van der Waals surface area contributed by atoms with E-state index < -0.39 is 0 Å². The maximum absolute atomic E-state index is 5.45. The van der Waals surface area contributed by atoms with Gasteiger partial charge in [-0.15, -0.1) is 0 Å². The van der Waals surface area contributed by atoms with Crippen LogP contribution in [0.5, 0.6) is 0 Å². The minimum Gasteiger partial charge on any atom is -0.373 e. The van der Waals surface area contributed by atoms with Gasteiger partial charge in [0.1, 0.15) is 0 Å². The Hall–Kier alpha value is -0.860. The van der Waals surface area contributed by atoms with Gasteiger partial charge in [-0.1, -0.05) is 30.3 Å². The van der Waals surface area contributed by atoms with Crippen molar-refractivity contribution in [2.45, 2.75) is 13.0 Å². The Morgan fingerprint density at radius 1 is 1.33 bits per heavy atom. The van der Waals surface area contributed by atoms with Crippen molar-refractivity contribution in [2.24, 2.45) is 5.73 Å². The van der Waals surface area contributed by atoms with Crippen LogP contribution in [0.15, 0.2) is 30.3 Å². The van der Waals surface area contributed by atoms with Crippen LogP contribution in [-0.4, -0.2) is 13.2 Å². The number of benzene rings is 1. The van der Waals surface area contributed by atoms with Crippen LogP contribution in [0.25, 0.3) is 0 Å². The van der Waals surface area contributed by atoms with Crippen molar-refractivity contribution in [3.63, 3.8) is 0 Å². The summed E-state index contributed by atoms with van der Waals surface area (Å²) >= 11 is 0. The standard InChI is InChI=1S/C10H15NO/c1-9(12-8-7-11)10-5-3-2-4-6-10/h2-6,9H,7-8,11H2,1H3/t9-/m0/s1. The summed E-state index contributed by atoms with van der Waals surface area (Å²) in [4.78, 5) is 0. The zero-order valence-corrected chi connectivity index (χ0v) is 7.36. The van der Waals surface area contributed by atoms with Gasteiger partial charge in [0.2, 0.25) is 0 Å². The third-order valence-corrected chi connectivity index (χ3v) is 1.75. The summed E-state index contributed by atoms with van der Waals surface area (Å²) < 4.78 is 5.45. The van der Waals surface area contributed by atoms with E-state index in [0.29, 0.717) is 13.2 Å². The topological polar surface area (TPSA) is 35.2 Å². The fourth-order valence-corrected chi connectivity index (χ4v) is 1.07. The third kappa shape index (κ3) is 2.64. The molecule has 2 nitrogen and oxygen atoms in total. The summed E-state index contributed by atoms with van der Waals surface area (Å²) in [7, 11) is 0. The summed E-state index contributed by atoms with van der Waals surface area (Å²) in [6.07, 6.45) is 0.148. The zero-order chi connectivity index (χ0) is 8.81. The molecule has 1 atom stereocenters. The minimum atomic E-state index is 0.148. The van der Waals surface area contributed by atoms with Crippen LogP contribution in [-0.2, 0) is 4.74 Å². The van der Waals surface area contributed by atoms with E-state index in [1.807, 2.05) is 25.1 Å². The van der Waals surface area contributed by atoms with E-state index in [9.17, 15) is 0 Å². The second-order valence-corrected chi connectivity index (χ2v) is 2.71. The second-order valence-electron chi connectivity index (χ2n) is 2.71. The van der Waals surface area contributed by atoms with Gasteiger partial charge in [-0.2, -0.15) is 0 Å². The van der Waals surface area contributed by atoms with E-state index in [-0.39, 0.29) is 6.10 Å². The van der Waals surface area contributed by atoms with Crippen molar-refractivity contribution >= 4 is 0 Å². The van der Waals surface area contributed by atoms with Crippen LogP contribution in [0.2, 0.25) is 0 Å². The van der Waals surface area contributed by atoms with Crippen LogP contribution in [0, 0.1) is 0 Å². The molecule has 1 aromatic rings. The monoisotopic (exact) mass is 165 g/mol. The summed E-state index contributed by atoms with van der Waals surface area (Å²) in [6.45, 7) is 3.23. The molecule has 0 bridgehead atoms. The van der Waals surface area contributed by atoms with E-state index in [4.69, 9.17) is 10.5 Å². The molecule has 0 aliphatic rings. The van der Waals surface area contributed by atoms with E-state index in [1.165, 1.54) is 5.56 Å². The molecular formula is C10H15NO. The lowest BCUT2D eigenvalue weighted by molar-refractivity contribution is 0.0718. The Morgan fingerprint density at radius 3 is 2.58 bits per heavy atom. The minimum absolute atomic E-state index is 0.148. The highest BCUT2D eigenvalue weighted by Crippen LogP contribution is 2.14. The van der Waals surface area contributed by atoms with E-state index in [2.05, 4.69) is 12.1 Å². The Bertz CT molecular complexity index is 210. The Kier molecular flexibility index (Phi) is 3.77. The maximum atomic E-state index is 5.45. The average molecular weight is 165 g/mol. The molecule has 66 valence electrons. The lowest BCUT2D eigenvalue weighted by atomic mass is 10.1. The number of hydrogen-bond donors (Lipinski definition) is 1. The van der Waals surface area contributed by atoms with Crippen molar-refractivity contribution < 1.29 is 4.74 Å². The highest BCUT2D eigenvalue weighted by molar-refractivity contribution is 5.16. The van der Waals surface area contributed by atoms with E-state index in [1.54, 1.807) is 0 Å². The predicted octanol–water partition coefficient (Wildman–Crippen LogP) is 1.72. The highest BCUT2D eigenvalue weighted by atomic mass is 16.5. The summed E-state index contributed by atoms with van der Waals surface area (Å²) in [6, 6.07) is 10.1. The molecule has 0 fully saturated rings. The number of hydrogen-bond acceptors (Lipinski definition) is 2. The van der Waals surface area contributed by atoms with Gasteiger partial charge in [0.05, 0.1) is 12.7 Å². The molecule has 1 aromatic carbocycles. The van der Waals surface area contributed by atoms with Crippen molar-refractivity contribution in [1.29, 1.82) is 0 Å². The normalized spacial score (nSPS) is 12.8. The largest absolute Gasteiger partial charge is 0.373 e. The van der Waals surface area contributed by atoms with Gasteiger partial charge in [-0.3, -0.25) is 0 Å². The Morgan fingerprint density at radius 2 is 2.00 bits per heavy atom. The first-order valence-corrected chi connectivity index (χ1v) is 4.21. The number of nitrogens with two attached hydrogens (primary N) is 1. The van der Waals surface area contributed by atoms with Crippen molar-refractivity contribution in [3.05, 3.63) is 35.9 Å². The van der Waals surface area contributed by atoms with E-state index in [0.717, 1.165) is 0 Å². The number of rotatable bonds is 4. The molecule has 0 radical (unpaired) electrons. The lowest BCUT2D eigenvalue weighted by Gasteiger charge is -2.11. The van der Waals surface area contributed by atoms with Crippen LogP contribution in [0.3, 0.4) is 0 Å². The molecule has 0 amide bonds. The highest BCUT2D eigenvalue weighted by Gasteiger charge is 2.02. The maximum Gasteiger partial charge on any atom is 0.0797 e. The molecule has 0 heterocycles. The lowest BCUT2D eigenvalue weighted by Crippen LogP contribution is -2.10. The van der Waals surface area contributed by atoms with Gasteiger partial charge in [0.25, 0.3) is 0 Å². The van der Waals surface area contributed by atoms with Crippen LogP contribution >= 0.6 is 0 Å². The van der Waals surface area contributed by atoms with Crippen molar-refractivity contribution in [2.75, 3.05) is 13.2 Å². The molecule has 0 aromatic heterocycles. The molecule has 0 aliphatic carbocycles. The Labute approximate surface area is 73.3 Å².